The molecule has 5 aromatic rings. The van der Waals surface area contributed by atoms with E-state index in [4.69, 9.17) is 9.72 Å². The van der Waals surface area contributed by atoms with Gasteiger partial charge in [-0.05, 0) is 19.1 Å². The van der Waals surface area contributed by atoms with E-state index in [-0.39, 0.29) is 17.8 Å². The molecule has 8 heteroatoms. The second kappa shape index (κ2) is 7.02. The smallest absolute Gasteiger partial charge is 0.332 e. The van der Waals surface area contributed by atoms with E-state index < -0.39 is 0 Å². The molecule has 0 aliphatic carbocycles. The summed E-state index contributed by atoms with van der Waals surface area (Å²) in [5.74, 6) is 1.20. The van der Waals surface area contributed by atoms with Crippen molar-refractivity contribution in [3.8, 4) is 22.7 Å². The summed E-state index contributed by atoms with van der Waals surface area (Å²) in [7, 11) is 3.25. The number of para-hydroxylation sites is 2. The van der Waals surface area contributed by atoms with Crippen LogP contribution < -0.4 is 16.0 Å². The van der Waals surface area contributed by atoms with E-state index in [9.17, 15) is 9.59 Å². The zero-order valence-corrected chi connectivity index (χ0v) is 17.4. The monoisotopic (exact) mass is 415 g/mol. The maximum absolute atomic E-state index is 13.2. The van der Waals surface area contributed by atoms with Crippen molar-refractivity contribution in [3.63, 3.8) is 0 Å². The summed E-state index contributed by atoms with van der Waals surface area (Å²) in [6.45, 7) is 2.07. The maximum atomic E-state index is 13.2. The van der Waals surface area contributed by atoms with Crippen molar-refractivity contribution in [1.29, 1.82) is 0 Å². The third-order valence-electron chi connectivity index (χ3n) is 5.56. The van der Waals surface area contributed by atoms with Crippen molar-refractivity contribution in [2.24, 2.45) is 7.05 Å². The van der Waals surface area contributed by atoms with Crippen molar-refractivity contribution in [2.75, 3.05) is 7.11 Å². The number of aryl methyl sites for hydroxylation is 1. The Labute approximate surface area is 177 Å². The van der Waals surface area contributed by atoms with Gasteiger partial charge in [0.2, 0.25) is 5.78 Å². The van der Waals surface area contributed by atoms with Crippen molar-refractivity contribution in [1.82, 2.24) is 23.1 Å². The molecule has 2 aromatic carbocycles. The van der Waals surface area contributed by atoms with Crippen LogP contribution in [-0.2, 0) is 13.6 Å². The zero-order valence-electron chi connectivity index (χ0n) is 17.4. The fourth-order valence-corrected chi connectivity index (χ4v) is 4.04. The Kier molecular flexibility index (Phi) is 4.28. The lowest BCUT2D eigenvalue weighted by atomic mass is 10.1. The highest BCUT2D eigenvalue weighted by atomic mass is 16.5. The molecule has 3 heterocycles. The van der Waals surface area contributed by atoms with E-state index >= 15 is 0 Å². The Morgan fingerprint density at radius 3 is 2.42 bits per heavy atom. The summed E-state index contributed by atoms with van der Waals surface area (Å²) in [5.41, 5.74) is 2.58. The van der Waals surface area contributed by atoms with Crippen LogP contribution in [0.25, 0.3) is 33.9 Å². The van der Waals surface area contributed by atoms with Gasteiger partial charge in [0.05, 0.1) is 18.5 Å². The number of methoxy groups -OCH3 is 1. The molecule has 0 aliphatic heterocycles. The van der Waals surface area contributed by atoms with E-state index in [1.54, 1.807) is 25.5 Å². The quantitative estimate of drug-likeness (QED) is 0.452. The average molecular weight is 415 g/mol. The molecular weight excluding hydrogens is 394 g/mol. The van der Waals surface area contributed by atoms with Crippen molar-refractivity contribution >= 4 is 16.9 Å². The third-order valence-corrected chi connectivity index (χ3v) is 5.56. The number of fused-ring (bicyclic) bond motifs is 3. The number of benzene rings is 2. The molecule has 0 amide bonds. The molecule has 0 saturated heterocycles. The molecule has 0 atom stereocenters. The van der Waals surface area contributed by atoms with Gasteiger partial charge < -0.3 is 4.74 Å². The van der Waals surface area contributed by atoms with Gasteiger partial charge in [-0.15, -0.1) is 0 Å². The van der Waals surface area contributed by atoms with E-state index in [2.05, 4.69) is 0 Å². The van der Waals surface area contributed by atoms with Crippen LogP contribution in [0.4, 0.5) is 0 Å². The molecule has 0 radical (unpaired) electrons. The Balaban J connectivity index is 1.99. The highest BCUT2D eigenvalue weighted by Crippen LogP contribution is 2.32. The Morgan fingerprint density at radius 1 is 1.00 bits per heavy atom. The summed E-state index contributed by atoms with van der Waals surface area (Å²) in [6, 6.07) is 17.5. The number of hydrogen-bond acceptors (Lipinski definition) is 4. The van der Waals surface area contributed by atoms with Gasteiger partial charge >= 0.3 is 5.69 Å². The van der Waals surface area contributed by atoms with Crippen LogP contribution in [0.15, 0.2) is 70.4 Å². The topological polar surface area (TPSA) is 75.5 Å². The van der Waals surface area contributed by atoms with Crippen molar-refractivity contribution < 1.29 is 4.74 Å². The maximum Gasteiger partial charge on any atom is 0.332 e. The normalized spacial score (nSPS) is 11.5. The molecule has 0 aliphatic rings. The molecule has 5 rings (SSSR count). The molecule has 3 aromatic heterocycles. The second-order valence-electron chi connectivity index (χ2n) is 7.23. The number of ether oxygens (including phenoxy) is 1. The van der Waals surface area contributed by atoms with Gasteiger partial charge in [-0.3, -0.25) is 22.9 Å². The van der Waals surface area contributed by atoms with Crippen LogP contribution in [0.5, 0.6) is 5.75 Å². The van der Waals surface area contributed by atoms with Gasteiger partial charge in [0.15, 0.2) is 11.2 Å². The highest BCUT2D eigenvalue weighted by molar-refractivity contribution is 5.80. The molecule has 156 valence electrons. The number of hydrogen-bond donors (Lipinski definition) is 0. The number of rotatable bonds is 4. The van der Waals surface area contributed by atoms with E-state index in [0.29, 0.717) is 22.7 Å². The van der Waals surface area contributed by atoms with Gasteiger partial charge in [-0.25, -0.2) is 4.79 Å². The van der Waals surface area contributed by atoms with Crippen LogP contribution in [0.2, 0.25) is 0 Å². The summed E-state index contributed by atoms with van der Waals surface area (Å²) in [6.07, 6.45) is 1.89. The second-order valence-corrected chi connectivity index (χ2v) is 7.23. The molecule has 0 spiro atoms. The first-order chi connectivity index (χ1) is 15.1. The minimum Gasteiger partial charge on any atom is -0.495 e. The van der Waals surface area contributed by atoms with Crippen LogP contribution in [0, 0.1) is 0 Å². The lowest BCUT2D eigenvalue weighted by Crippen LogP contribution is -2.38. The van der Waals surface area contributed by atoms with E-state index in [1.165, 1.54) is 9.13 Å². The minimum atomic E-state index is -0.382. The molecule has 0 saturated carbocycles. The predicted molar refractivity (Wildman–Crippen MR) is 119 cm³/mol. The van der Waals surface area contributed by atoms with Crippen LogP contribution in [-0.4, -0.2) is 30.2 Å². The van der Waals surface area contributed by atoms with E-state index in [1.807, 2.05) is 65.4 Å². The molecule has 0 N–H and O–H groups in total. The summed E-state index contributed by atoms with van der Waals surface area (Å²) in [4.78, 5) is 30.5. The van der Waals surface area contributed by atoms with Crippen LogP contribution in [0.3, 0.4) is 0 Å². The Bertz CT molecular complexity index is 1550. The average Bonchev–Trinajstić information content (AvgIpc) is 3.35. The SMILES string of the molecule is CCn1c(=O)c2c(nc3n(-c4ccccc4OC)c(-c4ccccc4)cn23)n(C)c1=O. The van der Waals surface area contributed by atoms with Gasteiger partial charge in [-0.1, -0.05) is 42.5 Å². The fraction of sp³-hybridized carbons (Fsp3) is 0.174. The Hall–Kier alpha value is -4.07. The van der Waals surface area contributed by atoms with Gasteiger partial charge in [0.25, 0.3) is 5.56 Å². The van der Waals surface area contributed by atoms with Gasteiger partial charge in [0.1, 0.15) is 5.75 Å². The molecule has 0 bridgehead atoms. The van der Waals surface area contributed by atoms with Crippen molar-refractivity contribution in [3.05, 3.63) is 81.6 Å². The lowest BCUT2D eigenvalue weighted by molar-refractivity contribution is 0.413. The number of imidazole rings is 2. The first kappa shape index (κ1) is 18.9. The van der Waals surface area contributed by atoms with Gasteiger partial charge in [-0.2, -0.15) is 4.98 Å². The predicted octanol–water partition coefficient (Wildman–Crippen LogP) is 2.83. The van der Waals surface area contributed by atoms with Crippen LogP contribution >= 0.6 is 0 Å². The minimum absolute atomic E-state index is 0.285. The third kappa shape index (κ3) is 2.64. The molecular formula is C23H21N5O3. The summed E-state index contributed by atoms with van der Waals surface area (Å²) < 4.78 is 12.0. The number of nitrogens with zero attached hydrogens (tertiary/aromatic N) is 5. The highest BCUT2D eigenvalue weighted by Gasteiger charge is 2.23. The summed E-state index contributed by atoms with van der Waals surface area (Å²) in [5, 5.41) is 0. The number of aromatic nitrogens is 5. The standard InChI is InChI=1S/C23H21N5O3/c1-4-26-21(29)19-20(25(2)23(26)30)24-22-27(19)14-17(15-10-6-5-7-11-15)28(22)16-12-8-9-13-18(16)31-3/h5-14H,4H2,1-3H3. The summed E-state index contributed by atoms with van der Waals surface area (Å²) >= 11 is 0. The lowest BCUT2D eigenvalue weighted by Gasteiger charge is -2.13. The first-order valence-electron chi connectivity index (χ1n) is 9.99. The van der Waals surface area contributed by atoms with Gasteiger partial charge in [0, 0.05) is 25.4 Å². The Morgan fingerprint density at radius 2 is 1.71 bits per heavy atom. The molecule has 0 unspecified atom stereocenters. The first-order valence-corrected chi connectivity index (χ1v) is 9.99. The van der Waals surface area contributed by atoms with Crippen LogP contribution in [0.1, 0.15) is 6.92 Å². The fourth-order valence-electron chi connectivity index (χ4n) is 4.04. The molecule has 8 nitrogen and oxygen atoms in total. The largest absolute Gasteiger partial charge is 0.495 e. The molecule has 31 heavy (non-hydrogen) atoms. The molecule has 0 fully saturated rings. The van der Waals surface area contributed by atoms with Crippen molar-refractivity contribution in [2.45, 2.75) is 13.5 Å². The zero-order chi connectivity index (χ0) is 21.7. The van der Waals surface area contributed by atoms with E-state index in [0.717, 1.165) is 16.9 Å².